The zero-order chi connectivity index (χ0) is 10.3. The number of thiocarbonyl (C=S) groups is 1. The molecule has 0 N–H and O–H groups in total. The molecule has 0 aliphatic rings. The first-order valence-electron chi connectivity index (χ1n) is 5.23. The van der Waals surface area contributed by atoms with Gasteiger partial charge in [0.1, 0.15) is 0 Å². The molecule has 0 bridgehead atoms. The van der Waals surface area contributed by atoms with Gasteiger partial charge in [-0.3, -0.25) is 0 Å². The summed E-state index contributed by atoms with van der Waals surface area (Å²) in [6, 6.07) is 5.39. The number of ether oxygens (including phenoxy) is 1. The monoisotopic (exact) mass is 218 g/mol. The van der Waals surface area contributed by atoms with Crippen molar-refractivity contribution in [3.05, 3.63) is 0 Å². The van der Waals surface area contributed by atoms with Crippen LogP contribution < -0.4 is 0 Å². The van der Waals surface area contributed by atoms with E-state index in [2.05, 4.69) is 20.8 Å². The Morgan fingerprint density at radius 3 is 1.92 bits per heavy atom. The highest BCUT2D eigenvalue weighted by molar-refractivity contribution is 7.80. The fraction of sp³-hybridized carbons (Fsp3) is 0.900. The SMILES string of the molecule is CC[Si](CC)(CC)CCOC(C)=S. The second-order valence-electron chi connectivity index (χ2n) is 3.65. The van der Waals surface area contributed by atoms with E-state index in [1.807, 2.05) is 6.92 Å². The van der Waals surface area contributed by atoms with Crippen LogP contribution >= 0.6 is 12.2 Å². The van der Waals surface area contributed by atoms with Crippen LogP contribution in [0.15, 0.2) is 0 Å². The summed E-state index contributed by atoms with van der Waals surface area (Å²) in [5.41, 5.74) is 0. The summed E-state index contributed by atoms with van der Waals surface area (Å²) in [7, 11) is -0.969. The molecule has 0 aromatic carbocycles. The van der Waals surface area contributed by atoms with Crippen LogP contribution in [0.3, 0.4) is 0 Å². The standard InChI is InChI=1S/C10H22OSSi/c1-5-13(6-2,7-3)9-8-11-10(4)12/h5-9H2,1-4H3. The number of hydrogen-bond acceptors (Lipinski definition) is 2. The molecule has 3 heteroatoms. The molecular weight excluding hydrogens is 196 g/mol. The minimum atomic E-state index is -0.969. The fourth-order valence-electron chi connectivity index (χ4n) is 1.69. The van der Waals surface area contributed by atoms with Gasteiger partial charge in [-0.1, -0.05) is 38.9 Å². The van der Waals surface area contributed by atoms with Crippen LogP contribution in [0.5, 0.6) is 0 Å². The Hall–Kier alpha value is 0.107. The van der Waals surface area contributed by atoms with Crippen LogP contribution in [0.4, 0.5) is 0 Å². The molecule has 0 aliphatic heterocycles. The van der Waals surface area contributed by atoms with Gasteiger partial charge in [0, 0.05) is 6.92 Å². The Kier molecular flexibility index (Phi) is 6.60. The Balaban J connectivity index is 3.88. The van der Waals surface area contributed by atoms with E-state index >= 15 is 0 Å². The van der Waals surface area contributed by atoms with E-state index in [1.54, 1.807) is 0 Å². The summed E-state index contributed by atoms with van der Waals surface area (Å²) in [5.74, 6) is 0. The maximum Gasteiger partial charge on any atom is 0.156 e. The van der Waals surface area contributed by atoms with E-state index in [1.165, 1.54) is 24.2 Å². The van der Waals surface area contributed by atoms with Crippen molar-refractivity contribution < 1.29 is 4.74 Å². The highest BCUT2D eigenvalue weighted by Crippen LogP contribution is 2.24. The van der Waals surface area contributed by atoms with Gasteiger partial charge in [-0.25, -0.2) is 0 Å². The number of hydrogen-bond donors (Lipinski definition) is 0. The van der Waals surface area contributed by atoms with E-state index in [-0.39, 0.29) is 0 Å². The molecule has 0 saturated heterocycles. The lowest BCUT2D eigenvalue weighted by Crippen LogP contribution is -2.32. The first-order chi connectivity index (χ1) is 6.10. The summed E-state index contributed by atoms with van der Waals surface area (Å²) < 4.78 is 5.37. The van der Waals surface area contributed by atoms with Crippen LogP contribution in [-0.2, 0) is 4.74 Å². The van der Waals surface area contributed by atoms with Crippen molar-refractivity contribution in [2.75, 3.05) is 6.61 Å². The summed E-state index contributed by atoms with van der Waals surface area (Å²) in [6.07, 6.45) is 0. The molecule has 1 nitrogen and oxygen atoms in total. The van der Waals surface area contributed by atoms with Crippen molar-refractivity contribution in [3.63, 3.8) is 0 Å². The largest absolute Gasteiger partial charge is 0.488 e. The third-order valence-corrected chi connectivity index (χ3v) is 9.07. The second-order valence-corrected chi connectivity index (χ2v) is 9.85. The summed E-state index contributed by atoms with van der Waals surface area (Å²) in [6.45, 7) is 9.66. The molecule has 78 valence electrons. The van der Waals surface area contributed by atoms with Crippen molar-refractivity contribution >= 4 is 25.3 Å². The Bertz CT molecular complexity index is 147. The molecule has 0 heterocycles. The van der Waals surface area contributed by atoms with Gasteiger partial charge in [0.2, 0.25) is 0 Å². The average molecular weight is 218 g/mol. The molecule has 0 aromatic heterocycles. The van der Waals surface area contributed by atoms with Crippen LogP contribution in [0, 0.1) is 0 Å². The predicted octanol–water partition coefficient (Wildman–Crippen LogP) is 3.86. The summed E-state index contributed by atoms with van der Waals surface area (Å²) >= 11 is 4.89. The topological polar surface area (TPSA) is 9.23 Å². The molecule has 0 amide bonds. The zero-order valence-corrected chi connectivity index (χ0v) is 11.2. The van der Waals surface area contributed by atoms with E-state index in [9.17, 15) is 0 Å². The van der Waals surface area contributed by atoms with E-state index in [4.69, 9.17) is 17.0 Å². The maximum atomic E-state index is 5.37. The van der Waals surface area contributed by atoms with Crippen LogP contribution in [0.25, 0.3) is 0 Å². The summed E-state index contributed by atoms with van der Waals surface area (Å²) in [5, 5.41) is 0.686. The van der Waals surface area contributed by atoms with Gasteiger partial charge in [0.15, 0.2) is 5.05 Å². The Morgan fingerprint density at radius 2 is 1.62 bits per heavy atom. The Morgan fingerprint density at radius 1 is 1.15 bits per heavy atom. The third-order valence-electron chi connectivity index (χ3n) is 3.19. The predicted molar refractivity (Wildman–Crippen MR) is 66.2 cm³/mol. The molecule has 13 heavy (non-hydrogen) atoms. The van der Waals surface area contributed by atoms with Gasteiger partial charge < -0.3 is 4.74 Å². The maximum absolute atomic E-state index is 5.37. The molecule has 0 rings (SSSR count). The van der Waals surface area contributed by atoms with Crippen molar-refractivity contribution in [3.8, 4) is 0 Å². The molecule has 0 radical (unpaired) electrons. The molecule has 0 saturated carbocycles. The average Bonchev–Trinajstić information content (AvgIpc) is 2.13. The van der Waals surface area contributed by atoms with Gasteiger partial charge in [0.25, 0.3) is 0 Å². The van der Waals surface area contributed by atoms with Crippen LogP contribution in [0.2, 0.25) is 24.2 Å². The smallest absolute Gasteiger partial charge is 0.156 e. The molecule has 0 spiro atoms. The molecule has 0 unspecified atom stereocenters. The third kappa shape index (κ3) is 4.77. The normalized spacial score (nSPS) is 11.4. The minimum absolute atomic E-state index is 0.686. The van der Waals surface area contributed by atoms with E-state index in [0.29, 0.717) is 5.05 Å². The molecule has 0 aromatic rings. The summed E-state index contributed by atoms with van der Waals surface area (Å²) in [4.78, 5) is 0. The Labute approximate surface area is 88.9 Å². The van der Waals surface area contributed by atoms with Gasteiger partial charge in [-0.15, -0.1) is 0 Å². The second kappa shape index (κ2) is 6.54. The molecule has 0 aliphatic carbocycles. The van der Waals surface area contributed by atoms with E-state index in [0.717, 1.165) is 6.61 Å². The van der Waals surface area contributed by atoms with Gasteiger partial charge >= 0.3 is 0 Å². The molecule has 0 atom stereocenters. The highest BCUT2D eigenvalue weighted by Gasteiger charge is 2.26. The zero-order valence-electron chi connectivity index (χ0n) is 9.35. The van der Waals surface area contributed by atoms with Gasteiger partial charge in [-0.2, -0.15) is 0 Å². The first-order valence-corrected chi connectivity index (χ1v) is 8.47. The van der Waals surface area contributed by atoms with Gasteiger partial charge in [0.05, 0.1) is 14.7 Å². The van der Waals surface area contributed by atoms with Crippen molar-refractivity contribution in [1.82, 2.24) is 0 Å². The number of rotatable bonds is 6. The molecular formula is C10H22OSSi. The molecule has 0 fully saturated rings. The van der Waals surface area contributed by atoms with Crippen molar-refractivity contribution in [2.45, 2.75) is 51.9 Å². The first kappa shape index (κ1) is 13.1. The van der Waals surface area contributed by atoms with Gasteiger partial charge in [-0.05, 0) is 18.3 Å². The lowest BCUT2D eigenvalue weighted by atomic mass is 10.8. The van der Waals surface area contributed by atoms with Crippen molar-refractivity contribution in [2.24, 2.45) is 0 Å². The highest BCUT2D eigenvalue weighted by atomic mass is 32.1. The van der Waals surface area contributed by atoms with E-state index < -0.39 is 8.07 Å². The lowest BCUT2D eigenvalue weighted by Gasteiger charge is -2.27. The van der Waals surface area contributed by atoms with Crippen LogP contribution in [-0.4, -0.2) is 19.7 Å². The minimum Gasteiger partial charge on any atom is -0.488 e. The quantitative estimate of drug-likeness (QED) is 0.494. The van der Waals surface area contributed by atoms with Crippen LogP contribution in [0.1, 0.15) is 27.7 Å². The van der Waals surface area contributed by atoms with Crippen molar-refractivity contribution in [1.29, 1.82) is 0 Å². The lowest BCUT2D eigenvalue weighted by molar-refractivity contribution is 0.331. The fourth-order valence-corrected chi connectivity index (χ4v) is 4.87.